The first-order chi connectivity index (χ1) is 14.3. The van der Waals surface area contributed by atoms with Gasteiger partial charge in [0.15, 0.2) is 9.84 Å². The van der Waals surface area contributed by atoms with E-state index in [1.54, 1.807) is 18.2 Å². The smallest absolute Gasteiger partial charge is 0.224 e. The zero-order valence-electron chi connectivity index (χ0n) is 17.4. The molecule has 1 aromatic carbocycles. The molecule has 0 saturated heterocycles. The fourth-order valence-corrected chi connectivity index (χ4v) is 3.83. The fourth-order valence-electron chi connectivity index (χ4n) is 3.20. The van der Waals surface area contributed by atoms with Gasteiger partial charge in [0.2, 0.25) is 11.8 Å². The Morgan fingerprint density at radius 3 is 2.37 bits per heavy atom. The first-order valence-corrected chi connectivity index (χ1v) is 12.1. The third-order valence-corrected chi connectivity index (χ3v) is 6.42. The van der Waals surface area contributed by atoms with Gasteiger partial charge in [-0.15, -0.1) is 0 Å². The minimum Gasteiger partial charge on any atom is -0.477 e. The third-order valence-electron chi connectivity index (χ3n) is 5.29. The molecule has 0 atom stereocenters. The standard InChI is InChI=1S/C22H29NO6S/c1-3-4-12-28-20-17(14-24)13-19(16-6-8-18(9-7-16)30(2,26)27)21(23-20)29-15-22(25)10-5-11-22/h6-9,13,24-25H,3-5,10-12,14-15H2,1-2H3. The summed E-state index contributed by atoms with van der Waals surface area (Å²) in [5, 5.41) is 20.2. The van der Waals surface area contributed by atoms with Gasteiger partial charge in [-0.2, -0.15) is 4.98 Å². The van der Waals surface area contributed by atoms with Crippen molar-refractivity contribution >= 4 is 9.84 Å². The van der Waals surface area contributed by atoms with E-state index in [-0.39, 0.29) is 24.0 Å². The van der Waals surface area contributed by atoms with Crippen molar-refractivity contribution in [2.24, 2.45) is 0 Å². The minimum atomic E-state index is -3.31. The number of hydrogen-bond donors (Lipinski definition) is 2. The molecular weight excluding hydrogens is 406 g/mol. The van der Waals surface area contributed by atoms with Crippen LogP contribution >= 0.6 is 0 Å². The molecule has 0 bridgehead atoms. The van der Waals surface area contributed by atoms with Gasteiger partial charge in [-0.3, -0.25) is 0 Å². The monoisotopic (exact) mass is 435 g/mol. The molecule has 2 N–H and O–H groups in total. The quantitative estimate of drug-likeness (QED) is 0.552. The molecule has 0 radical (unpaired) electrons. The van der Waals surface area contributed by atoms with Crippen LogP contribution in [0.3, 0.4) is 0 Å². The number of benzene rings is 1. The number of aliphatic hydroxyl groups is 2. The predicted octanol–water partition coefficient (Wildman–Crippen LogP) is 3.12. The highest BCUT2D eigenvalue weighted by Crippen LogP contribution is 2.37. The zero-order chi connectivity index (χ0) is 21.8. The molecule has 8 heteroatoms. The second-order valence-electron chi connectivity index (χ2n) is 7.83. The van der Waals surface area contributed by atoms with Crippen LogP contribution in [-0.2, 0) is 16.4 Å². The van der Waals surface area contributed by atoms with E-state index in [0.717, 1.165) is 25.5 Å². The number of sulfone groups is 1. The lowest BCUT2D eigenvalue weighted by Crippen LogP contribution is -2.42. The van der Waals surface area contributed by atoms with Gasteiger partial charge in [0, 0.05) is 17.4 Å². The highest BCUT2D eigenvalue weighted by Gasteiger charge is 2.35. The molecule has 0 unspecified atom stereocenters. The number of nitrogens with zero attached hydrogens (tertiary/aromatic N) is 1. The van der Waals surface area contributed by atoms with Crippen LogP contribution in [0.4, 0.5) is 0 Å². The van der Waals surface area contributed by atoms with Crippen LogP contribution in [0.25, 0.3) is 11.1 Å². The van der Waals surface area contributed by atoms with E-state index < -0.39 is 15.4 Å². The van der Waals surface area contributed by atoms with Gasteiger partial charge in [0.05, 0.1) is 23.7 Å². The summed E-state index contributed by atoms with van der Waals surface area (Å²) < 4.78 is 35.2. The topological polar surface area (TPSA) is 106 Å². The summed E-state index contributed by atoms with van der Waals surface area (Å²) in [6, 6.07) is 8.15. The molecular formula is C22H29NO6S. The molecule has 7 nitrogen and oxygen atoms in total. The van der Waals surface area contributed by atoms with Crippen molar-refractivity contribution in [2.45, 2.75) is 56.1 Å². The largest absolute Gasteiger partial charge is 0.477 e. The second kappa shape index (κ2) is 9.32. The lowest BCUT2D eigenvalue weighted by atomic mass is 9.81. The van der Waals surface area contributed by atoms with Crippen molar-refractivity contribution in [1.29, 1.82) is 0 Å². The summed E-state index contributed by atoms with van der Waals surface area (Å²) in [7, 11) is -3.31. The van der Waals surface area contributed by atoms with Crippen LogP contribution in [0.5, 0.6) is 11.8 Å². The van der Waals surface area contributed by atoms with Crippen LogP contribution in [0.2, 0.25) is 0 Å². The Morgan fingerprint density at radius 1 is 1.13 bits per heavy atom. The lowest BCUT2D eigenvalue weighted by Gasteiger charge is -2.36. The summed E-state index contributed by atoms with van der Waals surface area (Å²) in [4.78, 5) is 4.71. The zero-order valence-corrected chi connectivity index (χ0v) is 18.2. The molecule has 164 valence electrons. The molecule has 1 aliphatic carbocycles. The first kappa shape index (κ1) is 22.5. The number of pyridine rings is 1. The van der Waals surface area contributed by atoms with Crippen molar-refractivity contribution in [3.05, 3.63) is 35.9 Å². The molecule has 0 aliphatic heterocycles. The van der Waals surface area contributed by atoms with Gasteiger partial charge in [-0.25, -0.2) is 8.42 Å². The van der Waals surface area contributed by atoms with Gasteiger partial charge in [0.1, 0.15) is 6.61 Å². The molecule has 1 aliphatic rings. The van der Waals surface area contributed by atoms with E-state index in [1.165, 1.54) is 12.1 Å². The highest BCUT2D eigenvalue weighted by atomic mass is 32.2. The van der Waals surface area contributed by atoms with E-state index in [2.05, 4.69) is 11.9 Å². The Labute approximate surface area is 177 Å². The van der Waals surface area contributed by atoms with Gasteiger partial charge < -0.3 is 19.7 Å². The van der Waals surface area contributed by atoms with E-state index in [0.29, 0.717) is 42.0 Å². The Bertz CT molecular complexity index is 968. The first-order valence-electron chi connectivity index (χ1n) is 10.2. The van der Waals surface area contributed by atoms with Crippen molar-refractivity contribution in [1.82, 2.24) is 4.98 Å². The molecule has 0 amide bonds. The van der Waals surface area contributed by atoms with Gasteiger partial charge in [-0.05, 0) is 49.4 Å². The number of aromatic nitrogens is 1. The Morgan fingerprint density at radius 2 is 1.83 bits per heavy atom. The summed E-state index contributed by atoms with van der Waals surface area (Å²) >= 11 is 0. The fraction of sp³-hybridized carbons (Fsp3) is 0.500. The molecule has 2 aromatic rings. The molecule has 30 heavy (non-hydrogen) atoms. The number of aliphatic hydroxyl groups excluding tert-OH is 1. The molecule has 1 aromatic heterocycles. The summed E-state index contributed by atoms with van der Waals surface area (Å²) in [5.41, 5.74) is 0.964. The van der Waals surface area contributed by atoms with Crippen molar-refractivity contribution in [3.63, 3.8) is 0 Å². The van der Waals surface area contributed by atoms with Gasteiger partial charge in [0.25, 0.3) is 0 Å². The SMILES string of the molecule is CCCCOc1nc(OCC2(O)CCC2)c(-c2ccc(S(C)(=O)=O)cc2)cc1CO. The molecule has 3 rings (SSSR count). The van der Waals surface area contributed by atoms with E-state index in [4.69, 9.17) is 9.47 Å². The van der Waals surface area contributed by atoms with E-state index in [1.807, 2.05) is 0 Å². The van der Waals surface area contributed by atoms with Crippen LogP contribution in [0, 0.1) is 0 Å². The second-order valence-corrected chi connectivity index (χ2v) is 9.84. The van der Waals surface area contributed by atoms with E-state index in [9.17, 15) is 18.6 Å². The summed E-state index contributed by atoms with van der Waals surface area (Å²) in [6.45, 7) is 2.39. The lowest BCUT2D eigenvalue weighted by molar-refractivity contribution is -0.0672. The number of rotatable bonds is 10. The van der Waals surface area contributed by atoms with Gasteiger partial charge >= 0.3 is 0 Å². The maximum atomic E-state index is 11.8. The average Bonchev–Trinajstić information content (AvgIpc) is 2.70. The van der Waals surface area contributed by atoms with Crippen LogP contribution in [0.15, 0.2) is 35.2 Å². The Kier molecular flexibility index (Phi) is 7.00. The van der Waals surface area contributed by atoms with Crippen LogP contribution in [0.1, 0.15) is 44.6 Å². The minimum absolute atomic E-state index is 0.112. The highest BCUT2D eigenvalue weighted by molar-refractivity contribution is 7.90. The normalized spacial score (nSPS) is 15.5. The number of unbranched alkanes of at least 4 members (excludes halogenated alkanes) is 1. The predicted molar refractivity (Wildman–Crippen MR) is 113 cm³/mol. The number of hydrogen-bond acceptors (Lipinski definition) is 7. The Balaban J connectivity index is 1.97. The summed E-state index contributed by atoms with van der Waals surface area (Å²) in [5.74, 6) is 0.587. The average molecular weight is 436 g/mol. The van der Waals surface area contributed by atoms with Crippen LogP contribution in [-0.4, -0.2) is 48.7 Å². The van der Waals surface area contributed by atoms with E-state index >= 15 is 0 Å². The Hall–Kier alpha value is -2.16. The molecule has 0 spiro atoms. The number of ether oxygens (including phenoxy) is 2. The summed E-state index contributed by atoms with van der Waals surface area (Å²) in [6.07, 6.45) is 5.30. The molecule has 1 fully saturated rings. The van der Waals surface area contributed by atoms with Gasteiger partial charge in [-0.1, -0.05) is 25.5 Å². The van der Waals surface area contributed by atoms with Crippen molar-refractivity contribution in [3.8, 4) is 22.9 Å². The molecule has 1 saturated carbocycles. The van der Waals surface area contributed by atoms with Crippen LogP contribution < -0.4 is 9.47 Å². The van der Waals surface area contributed by atoms with Crippen molar-refractivity contribution in [2.75, 3.05) is 19.5 Å². The maximum absolute atomic E-state index is 11.8. The third kappa shape index (κ3) is 5.30. The molecule has 1 heterocycles. The van der Waals surface area contributed by atoms with Crippen molar-refractivity contribution < 1.29 is 28.1 Å². The maximum Gasteiger partial charge on any atom is 0.224 e.